The molecule has 0 aliphatic carbocycles. The minimum Gasteiger partial charge on any atom is -0.263 e. The first-order valence-electron chi connectivity index (χ1n) is 1.80. The van der Waals surface area contributed by atoms with Crippen molar-refractivity contribution in [2.24, 2.45) is 5.10 Å². The van der Waals surface area contributed by atoms with Crippen LogP contribution in [0.3, 0.4) is 0 Å². The monoisotopic (exact) mass is 120 g/mol. The van der Waals surface area contributed by atoms with Crippen molar-refractivity contribution >= 4 is 17.9 Å². The zero-order valence-electron chi connectivity index (χ0n) is 3.56. The third-order valence-corrected chi connectivity index (χ3v) is 0.842. The van der Waals surface area contributed by atoms with Gasteiger partial charge in [0.25, 0.3) is 0 Å². The first-order chi connectivity index (χ1) is 3.43. The van der Waals surface area contributed by atoms with Crippen LogP contribution in [-0.4, -0.2) is 17.4 Å². The summed E-state index contributed by atoms with van der Waals surface area (Å²) >= 11 is 5.34. The molecule has 1 aliphatic rings. The van der Waals surface area contributed by atoms with E-state index >= 15 is 0 Å². The van der Waals surface area contributed by atoms with Crippen LogP contribution in [0.5, 0.6) is 0 Å². The molecule has 0 atom stereocenters. The van der Waals surface area contributed by atoms with Gasteiger partial charge in [0, 0.05) is 0 Å². The highest BCUT2D eigenvalue weighted by atomic mass is 35.5. The predicted octanol–water partition coefficient (Wildman–Crippen LogP) is -0.549. The summed E-state index contributed by atoms with van der Waals surface area (Å²) in [6.07, 6.45) is 1.56. The van der Waals surface area contributed by atoms with Crippen LogP contribution >= 0.6 is 11.6 Å². The largest absolute Gasteiger partial charge is 0.263 e. The summed E-state index contributed by atoms with van der Waals surface area (Å²) in [5.41, 5.74) is 5.12. The molecule has 2 N–H and O–H groups in total. The fourth-order valence-electron chi connectivity index (χ4n) is 0.281. The Morgan fingerprint density at radius 3 is 3.00 bits per heavy atom. The first kappa shape index (κ1) is 4.67. The van der Waals surface area contributed by atoms with Gasteiger partial charge >= 0.3 is 0 Å². The highest BCUT2D eigenvalue weighted by molar-refractivity contribution is 6.18. The normalized spacial score (nSPS) is 17.6. The molecule has 0 saturated carbocycles. The molecule has 0 unspecified atom stereocenters. The molecule has 5 heteroatoms. The number of nitrogens with one attached hydrogen (secondary N) is 2. The van der Waals surface area contributed by atoms with E-state index in [4.69, 9.17) is 11.6 Å². The Labute approximate surface area is 46.1 Å². The quantitative estimate of drug-likeness (QED) is 0.360. The van der Waals surface area contributed by atoms with Gasteiger partial charge in [-0.1, -0.05) is 0 Å². The molecule has 1 aliphatic heterocycles. The molecule has 0 bridgehead atoms. The summed E-state index contributed by atoms with van der Waals surface area (Å²) in [5.74, 6) is 0. The molecule has 4 nitrogen and oxygen atoms in total. The van der Waals surface area contributed by atoms with E-state index in [1.54, 1.807) is 11.3 Å². The number of nitrogens with zero attached hydrogens (tertiary/aromatic N) is 2. The molecule has 0 aromatic carbocycles. The molecular weight excluding hydrogens is 116 g/mol. The molecule has 0 radical (unpaired) electrons. The Hall–Kier alpha value is -0.480. The van der Waals surface area contributed by atoms with Crippen molar-refractivity contribution in [3.63, 3.8) is 0 Å². The lowest BCUT2D eigenvalue weighted by atomic mass is 11.1. The Balaban J connectivity index is 2.28. The molecule has 0 aromatic heterocycles. The number of rotatable bonds is 1. The summed E-state index contributed by atoms with van der Waals surface area (Å²) in [6, 6.07) is 0.399. The molecule has 1 rings (SSSR count). The average Bonchev–Trinajstić information content (AvgIpc) is 2.14. The summed E-state index contributed by atoms with van der Waals surface area (Å²) in [5, 5.41) is 5.19. The van der Waals surface area contributed by atoms with E-state index in [1.165, 1.54) is 0 Å². The molecule has 0 saturated heterocycles. The van der Waals surface area contributed by atoms with Crippen molar-refractivity contribution in [2.75, 3.05) is 6.00 Å². The third kappa shape index (κ3) is 0.942. The Kier molecular flexibility index (Phi) is 1.33. The van der Waals surface area contributed by atoms with Crippen molar-refractivity contribution in [2.45, 2.75) is 0 Å². The first-order valence-corrected chi connectivity index (χ1v) is 2.33. The Bertz CT molecular complexity index is 81.8. The smallest absolute Gasteiger partial charge is 0.129 e. The zero-order chi connectivity index (χ0) is 5.11. The minimum absolute atomic E-state index is 0.399. The molecule has 40 valence electrons. The van der Waals surface area contributed by atoms with E-state index in [2.05, 4.69) is 16.2 Å². The highest BCUT2D eigenvalue weighted by Gasteiger charge is 1.97. The maximum Gasteiger partial charge on any atom is 0.129 e. The summed E-state index contributed by atoms with van der Waals surface area (Å²) in [4.78, 5) is 0. The van der Waals surface area contributed by atoms with Crippen LogP contribution in [0.4, 0.5) is 0 Å². The van der Waals surface area contributed by atoms with Gasteiger partial charge in [0.05, 0.1) is 0 Å². The zero-order valence-corrected chi connectivity index (χ0v) is 4.31. The lowest BCUT2D eigenvalue weighted by Crippen LogP contribution is -2.35. The highest BCUT2D eigenvalue weighted by Crippen LogP contribution is 1.82. The van der Waals surface area contributed by atoms with E-state index in [9.17, 15) is 0 Å². The maximum atomic E-state index is 5.34. The molecule has 0 amide bonds. The number of hydrazine groups is 2. The van der Waals surface area contributed by atoms with Crippen molar-refractivity contribution in [1.29, 1.82) is 0 Å². The molecule has 0 spiro atoms. The van der Waals surface area contributed by atoms with Gasteiger partial charge < -0.3 is 0 Å². The average molecular weight is 121 g/mol. The molecule has 0 fully saturated rings. The van der Waals surface area contributed by atoms with Crippen LogP contribution in [0.15, 0.2) is 5.10 Å². The second kappa shape index (κ2) is 1.99. The lowest BCUT2D eigenvalue weighted by Gasteiger charge is -2.05. The summed E-state index contributed by atoms with van der Waals surface area (Å²) in [7, 11) is 0. The van der Waals surface area contributed by atoms with Crippen molar-refractivity contribution in [3.05, 3.63) is 0 Å². The van der Waals surface area contributed by atoms with Crippen LogP contribution in [-0.2, 0) is 0 Å². The van der Waals surface area contributed by atoms with Gasteiger partial charge in [0.2, 0.25) is 0 Å². The number of hydrogen-bond donors (Lipinski definition) is 2. The molecule has 1 heterocycles. The van der Waals surface area contributed by atoms with Gasteiger partial charge in [0.15, 0.2) is 0 Å². The van der Waals surface area contributed by atoms with E-state index in [0.717, 1.165) is 0 Å². The van der Waals surface area contributed by atoms with Gasteiger partial charge in [-0.3, -0.25) is 5.01 Å². The number of halogens is 1. The van der Waals surface area contributed by atoms with Crippen LogP contribution in [0, 0.1) is 0 Å². The van der Waals surface area contributed by atoms with Gasteiger partial charge in [-0.15, -0.1) is 17.1 Å². The van der Waals surface area contributed by atoms with Crippen molar-refractivity contribution in [3.8, 4) is 0 Å². The number of hydrogen-bond acceptors (Lipinski definition) is 4. The van der Waals surface area contributed by atoms with E-state index in [0.29, 0.717) is 6.00 Å². The molecule has 7 heavy (non-hydrogen) atoms. The van der Waals surface area contributed by atoms with E-state index < -0.39 is 0 Å². The summed E-state index contributed by atoms with van der Waals surface area (Å²) in [6.45, 7) is 0. The maximum absolute atomic E-state index is 5.34. The topological polar surface area (TPSA) is 39.7 Å². The fraction of sp³-hybridized carbons (Fsp3) is 0.500. The lowest BCUT2D eigenvalue weighted by molar-refractivity contribution is 0.340. The van der Waals surface area contributed by atoms with Crippen molar-refractivity contribution < 1.29 is 0 Å². The predicted molar refractivity (Wildman–Crippen MR) is 27.3 cm³/mol. The second-order valence-corrected chi connectivity index (χ2v) is 1.30. The second-order valence-electron chi connectivity index (χ2n) is 1.06. The standard InChI is InChI=1S/C2H5ClN4/c3-1-7-2-4-5-6-7/h2,5-6H,1H2. The van der Waals surface area contributed by atoms with E-state index in [-0.39, 0.29) is 0 Å². The molecule has 0 aromatic rings. The van der Waals surface area contributed by atoms with Crippen LogP contribution in [0.2, 0.25) is 0 Å². The third-order valence-electron chi connectivity index (χ3n) is 0.584. The number of alkyl halides is 1. The Morgan fingerprint density at radius 1 is 1.86 bits per heavy atom. The minimum atomic E-state index is 0.399. The Morgan fingerprint density at radius 2 is 2.71 bits per heavy atom. The fourth-order valence-corrected chi connectivity index (χ4v) is 0.403. The SMILES string of the molecule is ClCN1C=NNN1. The van der Waals surface area contributed by atoms with E-state index in [1.807, 2.05) is 0 Å². The van der Waals surface area contributed by atoms with Gasteiger partial charge in [-0.2, -0.15) is 5.10 Å². The number of hydrazone groups is 1. The van der Waals surface area contributed by atoms with Gasteiger partial charge in [-0.05, 0) is 0 Å². The molecular formula is C2H5ClN4. The van der Waals surface area contributed by atoms with Crippen LogP contribution in [0.25, 0.3) is 0 Å². The van der Waals surface area contributed by atoms with Gasteiger partial charge in [0.1, 0.15) is 12.3 Å². The van der Waals surface area contributed by atoms with Crippen LogP contribution < -0.4 is 11.1 Å². The van der Waals surface area contributed by atoms with Crippen molar-refractivity contribution in [1.82, 2.24) is 16.1 Å². The summed E-state index contributed by atoms with van der Waals surface area (Å²) < 4.78 is 0. The van der Waals surface area contributed by atoms with Gasteiger partial charge in [-0.25, -0.2) is 5.53 Å². The van der Waals surface area contributed by atoms with Crippen LogP contribution in [0.1, 0.15) is 0 Å².